The summed E-state index contributed by atoms with van der Waals surface area (Å²) in [6.07, 6.45) is 8.19. The van der Waals surface area contributed by atoms with E-state index in [1.54, 1.807) is 6.08 Å². The molecule has 84 valence electrons. The summed E-state index contributed by atoms with van der Waals surface area (Å²) in [4.78, 5) is 12.0. The lowest BCUT2D eigenvalue weighted by atomic mass is 9.89. The zero-order chi connectivity index (χ0) is 11.9. The molecule has 0 fully saturated rings. The Balaban J connectivity index is 2.52. The zero-order valence-corrected chi connectivity index (χ0v) is 10.4. The summed E-state index contributed by atoms with van der Waals surface area (Å²) in [5, 5.41) is 0. The van der Waals surface area contributed by atoms with E-state index in [9.17, 15) is 4.79 Å². The minimum absolute atomic E-state index is 0.0253. The Hall–Kier alpha value is -1.37. The molecule has 0 N–H and O–H groups in total. The molecule has 0 bridgehead atoms. The number of carbonyl (C=O) groups excluding carboxylic acids is 1. The Labute approximate surface area is 97.2 Å². The molecule has 1 nitrogen and oxygen atoms in total. The van der Waals surface area contributed by atoms with Gasteiger partial charge in [-0.15, -0.1) is 0 Å². The van der Waals surface area contributed by atoms with Crippen LogP contribution in [0.2, 0.25) is 0 Å². The minimum atomic E-state index is 0.0253. The standard InChI is InChI=1S/C15H18O/c1-9(2)13-8-14-10(3)5-6-12(14)11(4)7-15(13)16/h5-9,13H,1-4H3. The highest BCUT2D eigenvalue weighted by atomic mass is 16.1. The van der Waals surface area contributed by atoms with Gasteiger partial charge in [0, 0.05) is 5.92 Å². The SMILES string of the molecule is CC1=CC=C2C(C)=CC(=O)C(C(C)C)C=C12. The van der Waals surface area contributed by atoms with Crippen molar-refractivity contribution in [2.45, 2.75) is 27.7 Å². The molecular formula is C15H18O. The summed E-state index contributed by atoms with van der Waals surface area (Å²) in [5.41, 5.74) is 4.82. The summed E-state index contributed by atoms with van der Waals surface area (Å²) in [6.45, 7) is 8.33. The Morgan fingerprint density at radius 1 is 1.06 bits per heavy atom. The third-order valence-corrected chi connectivity index (χ3v) is 3.39. The van der Waals surface area contributed by atoms with Gasteiger partial charge in [0.05, 0.1) is 0 Å². The second-order valence-corrected chi connectivity index (χ2v) is 5.01. The van der Waals surface area contributed by atoms with E-state index >= 15 is 0 Å². The first kappa shape index (κ1) is 11.1. The number of hydrogen-bond donors (Lipinski definition) is 0. The van der Waals surface area contributed by atoms with E-state index in [1.807, 2.05) is 6.92 Å². The predicted octanol–water partition coefficient (Wildman–Crippen LogP) is 3.60. The molecule has 16 heavy (non-hydrogen) atoms. The molecule has 0 aliphatic heterocycles. The summed E-state index contributed by atoms with van der Waals surface area (Å²) in [7, 11) is 0. The van der Waals surface area contributed by atoms with Gasteiger partial charge in [-0.2, -0.15) is 0 Å². The van der Waals surface area contributed by atoms with Crippen LogP contribution in [0, 0.1) is 11.8 Å². The fourth-order valence-corrected chi connectivity index (χ4v) is 2.34. The van der Waals surface area contributed by atoms with Gasteiger partial charge in [0.15, 0.2) is 5.78 Å². The van der Waals surface area contributed by atoms with Crippen molar-refractivity contribution in [2.24, 2.45) is 11.8 Å². The van der Waals surface area contributed by atoms with Gasteiger partial charge in [0.25, 0.3) is 0 Å². The molecule has 0 spiro atoms. The van der Waals surface area contributed by atoms with Gasteiger partial charge in [0.1, 0.15) is 0 Å². The molecule has 0 radical (unpaired) electrons. The first-order valence-corrected chi connectivity index (χ1v) is 5.84. The van der Waals surface area contributed by atoms with Crippen molar-refractivity contribution in [1.82, 2.24) is 0 Å². The van der Waals surface area contributed by atoms with Crippen LogP contribution in [0.25, 0.3) is 0 Å². The summed E-state index contributed by atoms with van der Waals surface area (Å²) in [6, 6.07) is 0. The van der Waals surface area contributed by atoms with Crippen LogP contribution in [-0.2, 0) is 4.79 Å². The third kappa shape index (κ3) is 1.71. The van der Waals surface area contributed by atoms with Crippen LogP contribution in [0.1, 0.15) is 27.7 Å². The highest BCUT2D eigenvalue weighted by Crippen LogP contribution is 2.35. The van der Waals surface area contributed by atoms with E-state index in [-0.39, 0.29) is 11.7 Å². The highest BCUT2D eigenvalue weighted by Gasteiger charge is 2.25. The molecule has 0 aromatic carbocycles. The summed E-state index contributed by atoms with van der Waals surface area (Å²) in [5.74, 6) is 0.622. The van der Waals surface area contributed by atoms with Gasteiger partial charge in [-0.25, -0.2) is 0 Å². The van der Waals surface area contributed by atoms with Crippen molar-refractivity contribution in [3.63, 3.8) is 0 Å². The smallest absolute Gasteiger partial charge is 0.163 e. The maximum Gasteiger partial charge on any atom is 0.163 e. The van der Waals surface area contributed by atoms with Crippen molar-refractivity contribution >= 4 is 5.78 Å². The van der Waals surface area contributed by atoms with E-state index in [0.717, 1.165) is 5.57 Å². The molecule has 0 saturated carbocycles. The molecule has 2 rings (SSSR count). The van der Waals surface area contributed by atoms with E-state index in [4.69, 9.17) is 0 Å². The molecule has 1 atom stereocenters. The topological polar surface area (TPSA) is 17.1 Å². The van der Waals surface area contributed by atoms with Crippen molar-refractivity contribution < 1.29 is 4.79 Å². The van der Waals surface area contributed by atoms with Crippen LogP contribution in [0.3, 0.4) is 0 Å². The number of carbonyl (C=O) groups is 1. The molecule has 2 aliphatic rings. The molecule has 0 amide bonds. The highest BCUT2D eigenvalue weighted by molar-refractivity contribution is 5.96. The Bertz CT molecular complexity index is 456. The van der Waals surface area contributed by atoms with Crippen LogP contribution >= 0.6 is 0 Å². The zero-order valence-electron chi connectivity index (χ0n) is 10.4. The van der Waals surface area contributed by atoms with Crippen LogP contribution in [-0.4, -0.2) is 5.78 Å². The fourth-order valence-electron chi connectivity index (χ4n) is 2.34. The van der Waals surface area contributed by atoms with Gasteiger partial charge in [0.2, 0.25) is 0 Å². The lowest BCUT2D eigenvalue weighted by Gasteiger charge is -2.14. The molecule has 0 aromatic heterocycles. The lowest BCUT2D eigenvalue weighted by molar-refractivity contribution is -0.117. The lowest BCUT2D eigenvalue weighted by Crippen LogP contribution is -2.15. The summed E-state index contributed by atoms with van der Waals surface area (Å²) >= 11 is 0. The molecular weight excluding hydrogens is 196 g/mol. The van der Waals surface area contributed by atoms with Gasteiger partial charge in [-0.05, 0) is 48.1 Å². The normalized spacial score (nSPS) is 24.6. The van der Waals surface area contributed by atoms with Gasteiger partial charge in [-0.1, -0.05) is 32.1 Å². The Morgan fingerprint density at radius 3 is 2.38 bits per heavy atom. The number of ketones is 1. The Kier molecular flexibility index (Phi) is 2.71. The van der Waals surface area contributed by atoms with Crippen LogP contribution in [0.4, 0.5) is 0 Å². The first-order chi connectivity index (χ1) is 7.50. The number of fused-ring (bicyclic) bond motifs is 1. The van der Waals surface area contributed by atoms with Gasteiger partial charge in [-0.3, -0.25) is 4.79 Å². The fraction of sp³-hybridized carbons (Fsp3) is 0.400. The third-order valence-electron chi connectivity index (χ3n) is 3.39. The molecule has 0 aromatic rings. The van der Waals surface area contributed by atoms with E-state index in [1.165, 1.54) is 16.7 Å². The number of rotatable bonds is 1. The molecule has 1 heteroatoms. The van der Waals surface area contributed by atoms with Crippen molar-refractivity contribution in [3.8, 4) is 0 Å². The van der Waals surface area contributed by atoms with E-state index in [2.05, 4.69) is 39.0 Å². The quantitative estimate of drug-likeness (QED) is 0.651. The average molecular weight is 214 g/mol. The van der Waals surface area contributed by atoms with Crippen molar-refractivity contribution in [2.75, 3.05) is 0 Å². The molecule has 2 aliphatic carbocycles. The van der Waals surface area contributed by atoms with Gasteiger partial charge < -0.3 is 0 Å². The van der Waals surface area contributed by atoms with Crippen molar-refractivity contribution in [3.05, 3.63) is 46.6 Å². The van der Waals surface area contributed by atoms with Crippen LogP contribution in [0.5, 0.6) is 0 Å². The largest absolute Gasteiger partial charge is 0.294 e. The number of allylic oxidation sites excluding steroid dienone is 8. The second kappa shape index (κ2) is 3.89. The molecule has 1 unspecified atom stereocenters. The monoisotopic (exact) mass is 214 g/mol. The van der Waals surface area contributed by atoms with Crippen molar-refractivity contribution in [1.29, 1.82) is 0 Å². The van der Waals surface area contributed by atoms with E-state index in [0.29, 0.717) is 5.92 Å². The molecule has 0 saturated heterocycles. The van der Waals surface area contributed by atoms with Gasteiger partial charge >= 0.3 is 0 Å². The summed E-state index contributed by atoms with van der Waals surface area (Å²) < 4.78 is 0. The molecule has 0 heterocycles. The van der Waals surface area contributed by atoms with Crippen LogP contribution in [0.15, 0.2) is 46.6 Å². The van der Waals surface area contributed by atoms with Crippen LogP contribution < -0.4 is 0 Å². The average Bonchev–Trinajstić information content (AvgIpc) is 2.49. The number of hydrogen-bond acceptors (Lipinski definition) is 1. The maximum atomic E-state index is 12.0. The predicted molar refractivity (Wildman–Crippen MR) is 67.0 cm³/mol. The first-order valence-electron chi connectivity index (χ1n) is 5.84. The minimum Gasteiger partial charge on any atom is -0.294 e. The second-order valence-electron chi connectivity index (χ2n) is 5.01. The maximum absolute atomic E-state index is 12.0. The van der Waals surface area contributed by atoms with E-state index < -0.39 is 0 Å². The Morgan fingerprint density at radius 2 is 1.75 bits per heavy atom.